The standard InChI is InChI=1S/C17H15Cl2N3OS/c1-7-8(2)13-14(20)15(24-17(13)21-9(7)3)16(23)22-10-4-5-11(18)12(19)6-10/h4-6H,20H2,1-3H3,(H,22,23). The summed E-state index contributed by atoms with van der Waals surface area (Å²) in [4.78, 5) is 18.4. The van der Waals surface area contributed by atoms with Gasteiger partial charge in [0, 0.05) is 16.8 Å². The Labute approximate surface area is 153 Å². The van der Waals surface area contributed by atoms with E-state index in [1.165, 1.54) is 11.3 Å². The van der Waals surface area contributed by atoms with Gasteiger partial charge in [0.15, 0.2) is 0 Å². The van der Waals surface area contributed by atoms with Gasteiger partial charge in [0.05, 0.1) is 15.7 Å². The molecule has 0 aliphatic carbocycles. The largest absolute Gasteiger partial charge is 0.397 e. The third-order valence-electron chi connectivity index (χ3n) is 4.06. The minimum absolute atomic E-state index is 0.288. The Morgan fingerprint density at radius 2 is 1.88 bits per heavy atom. The average Bonchev–Trinajstić information content (AvgIpc) is 2.85. The molecule has 4 nitrogen and oxygen atoms in total. The molecule has 2 heterocycles. The van der Waals surface area contributed by atoms with Crippen molar-refractivity contribution in [3.05, 3.63) is 49.9 Å². The summed E-state index contributed by atoms with van der Waals surface area (Å²) in [6.45, 7) is 5.95. The number of carbonyl (C=O) groups excluding carboxylic acids is 1. The van der Waals surface area contributed by atoms with Gasteiger partial charge in [-0.25, -0.2) is 4.98 Å². The number of thiophene rings is 1. The number of rotatable bonds is 2. The number of carbonyl (C=O) groups is 1. The lowest BCUT2D eigenvalue weighted by atomic mass is 10.1. The van der Waals surface area contributed by atoms with Crippen LogP contribution in [-0.4, -0.2) is 10.9 Å². The summed E-state index contributed by atoms with van der Waals surface area (Å²) in [5.41, 5.74) is 10.3. The molecule has 0 saturated heterocycles. The summed E-state index contributed by atoms with van der Waals surface area (Å²) in [6.07, 6.45) is 0. The molecule has 0 spiro atoms. The fourth-order valence-corrected chi connectivity index (χ4v) is 3.89. The lowest BCUT2D eigenvalue weighted by molar-refractivity contribution is 0.103. The number of hydrogen-bond donors (Lipinski definition) is 2. The van der Waals surface area contributed by atoms with Gasteiger partial charge in [-0.05, 0) is 50.1 Å². The van der Waals surface area contributed by atoms with Crippen LogP contribution in [0.3, 0.4) is 0 Å². The Morgan fingerprint density at radius 3 is 2.54 bits per heavy atom. The van der Waals surface area contributed by atoms with Crippen molar-refractivity contribution in [3.8, 4) is 0 Å². The maximum Gasteiger partial charge on any atom is 0.267 e. The van der Waals surface area contributed by atoms with Crippen LogP contribution in [-0.2, 0) is 0 Å². The molecule has 0 unspecified atom stereocenters. The monoisotopic (exact) mass is 379 g/mol. The van der Waals surface area contributed by atoms with E-state index in [4.69, 9.17) is 28.9 Å². The summed E-state index contributed by atoms with van der Waals surface area (Å²) < 4.78 is 0. The first-order valence-corrected chi connectivity index (χ1v) is 8.79. The van der Waals surface area contributed by atoms with Gasteiger partial charge in [-0.3, -0.25) is 4.79 Å². The van der Waals surface area contributed by atoms with Gasteiger partial charge in [-0.2, -0.15) is 0 Å². The first-order chi connectivity index (χ1) is 11.3. The number of halogens is 2. The molecular formula is C17H15Cl2N3OS. The Kier molecular flexibility index (Phi) is 4.42. The predicted molar refractivity (Wildman–Crippen MR) is 103 cm³/mol. The van der Waals surface area contributed by atoms with Gasteiger partial charge in [0.1, 0.15) is 9.71 Å². The third-order valence-corrected chi connectivity index (χ3v) is 5.90. The number of amides is 1. The van der Waals surface area contributed by atoms with Crippen molar-refractivity contribution in [3.63, 3.8) is 0 Å². The van der Waals surface area contributed by atoms with Crippen LogP contribution in [0.4, 0.5) is 11.4 Å². The highest BCUT2D eigenvalue weighted by molar-refractivity contribution is 7.21. The number of nitrogens with one attached hydrogen (secondary N) is 1. The lowest BCUT2D eigenvalue weighted by Gasteiger charge is -2.07. The van der Waals surface area contributed by atoms with Crippen LogP contribution >= 0.6 is 34.5 Å². The molecule has 0 bridgehead atoms. The molecule has 0 atom stereocenters. The van der Waals surface area contributed by atoms with Gasteiger partial charge in [-0.1, -0.05) is 23.2 Å². The summed E-state index contributed by atoms with van der Waals surface area (Å²) in [7, 11) is 0. The van der Waals surface area contributed by atoms with Crippen LogP contribution in [0.15, 0.2) is 18.2 Å². The smallest absolute Gasteiger partial charge is 0.267 e. The first kappa shape index (κ1) is 17.0. The van der Waals surface area contributed by atoms with E-state index in [1.807, 2.05) is 20.8 Å². The number of nitrogens with two attached hydrogens (primary N) is 1. The SMILES string of the molecule is Cc1nc2sc(C(=O)Nc3ccc(Cl)c(Cl)c3)c(N)c2c(C)c1C. The lowest BCUT2D eigenvalue weighted by Crippen LogP contribution is -2.12. The van der Waals surface area contributed by atoms with Gasteiger partial charge in [0.2, 0.25) is 0 Å². The Bertz CT molecular complexity index is 982. The zero-order valence-corrected chi connectivity index (χ0v) is 15.7. The number of hydrogen-bond acceptors (Lipinski definition) is 4. The van der Waals surface area contributed by atoms with Crippen molar-refractivity contribution in [2.75, 3.05) is 11.1 Å². The molecule has 0 radical (unpaired) electrons. The molecule has 7 heteroatoms. The number of anilines is 2. The minimum atomic E-state index is -0.288. The molecule has 3 rings (SSSR count). The van der Waals surface area contributed by atoms with Crippen molar-refractivity contribution in [2.45, 2.75) is 20.8 Å². The normalized spacial score (nSPS) is 11.0. The fraction of sp³-hybridized carbons (Fsp3) is 0.176. The second-order valence-corrected chi connectivity index (χ2v) is 7.37. The summed E-state index contributed by atoms with van der Waals surface area (Å²) >= 11 is 13.2. The quantitative estimate of drug-likeness (QED) is 0.629. The van der Waals surface area contributed by atoms with Crippen molar-refractivity contribution >= 4 is 62.0 Å². The van der Waals surface area contributed by atoms with E-state index in [2.05, 4.69) is 10.3 Å². The van der Waals surface area contributed by atoms with Crippen LogP contribution in [0, 0.1) is 20.8 Å². The van der Waals surface area contributed by atoms with Crippen LogP contribution in [0.2, 0.25) is 10.0 Å². The second-order valence-electron chi connectivity index (χ2n) is 5.56. The Hall–Kier alpha value is -1.82. The highest BCUT2D eigenvalue weighted by Crippen LogP contribution is 2.37. The maximum atomic E-state index is 12.6. The van der Waals surface area contributed by atoms with E-state index in [0.29, 0.717) is 26.3 Å². The molecule has 1 aromatic carbocycles. The second kappa shape index (κ2) is 6.24. The molecular weight excluding hydrogens is 365 g/mol. The van der Waals surface area contributed by atoms with Gasteiger partial charge < -0.3 is 11.1 Å². The number of nitrogen functional groups attached to an aromatic ring is 1. The van der Waals surface area contributed by atoms with Crippen molar-refractivity contribution in [1.29, 1.82) is 0 Å². The van der Waals surface area contributed by atoms with Crippen LogP contribution in [0.1, 0.15) is 26.5 Å². The molecule has 3 aromatic rings. The van der Waals surface area contributed by atoms with Gasteiger partial charge in [-0.15, -0.1) is 11.3 Å². The van der Waals surface area contributed by atoms with Crippen molar-refractivity contribution in [1.82, 2.24) is 4.98 Å². The Morgan fingerprint density at radius 1 is 1.17 bits per heavy atom. The van der Waals surface area contributed by atoms with E-state index in [-0.39, 0.29) is 5.91 Å². The number of nitrogens with zero attached hydrogens (tertiary/aromatic N) is 1. The predicted octanol–water partition coefficient (Wildman–Crippen LogP) is 5.36. The summed E-state index contributed by atoms with van der Waals surface area (Å²) in [5, 5.41) is 4.46. The highest BCUT2D eigenvalue weighted by atomic mass is 35.5. The van der Waals surface area contributed by atoms with E-state index in [0.717, 1.165) is 27.0 Å². The zero-order valence-electron chi connectivity index (χ0n) is 13.3. The molecule has 0 aliphatic heterocycles. The topological polar surface area (TPSA) is 68.0 Å². The minimum Gasteiger partial charge on any atom is -0.397 e. The molecule has 1 amide bonds. The number of aromatic nitrogens is 1. The molecule has 2 aromatic heterocycles. The van der Waals surface area contributed by atoms with Crippen molar-refractivity contribution in [2.24, 2.45) is 0 Å². The molecule has 3 N–H and O–H groups in total. The van der Waals surface area contributed by atoms with Crippen LogP contribution in [0.25, 0.3) is 10.2 Å². The highest BCUT2D eigenvalue weighted by Gasteiger charge is 2.20. The molecule has 24 heavy (non-hydrogen) atoms. The number of aryl methyl sites for hydroxylation is 2. The van der Waals surface area contributed by atoms with Crippen molar-refractivity contribution < 1.29 is 4.79 Å². The average molecular weight is 380 g/mol. The zero-order chi connectivity index (χ0) is 17.6. The fourth-order valence-electron chi connectivity index (χ4n) is 2.50. The molecule has 0 aliphatic rings. The number of fused-ring (bicyclic) bond motifs is 1. The molecule has 0 fully saturated rings. The summed E-state index contributed by atoms with van der Waals surface area (Å²) in [5.74, 6) is -0.288. The summed E-state index contributed by atoms with van der Waals surface area (Å²) in [6, 6.07) is 4.92. The molecule has 0 saturated carbocycles. The first-order valence-electron chi connectivity index (χ1n) is 7.21. The van der Waals surface area contributed by atoms with Crippen LogP contribution in [0.5, 0.6) is 0 Å². The number of pyridine rings is 1. The van der Waals surface area contributed by atoms with E-state index < -0.39 is 0 Å². The maximum absolute atomic E-state index is 12.6. The van der Waals surface area contributed by atoms with Crippen LogP contribution < -0.4 is 11.1 Å². The van der Waals surface area contributed by atoms with E-state index in [1.54, 1.807) is 18.2 Å². The Balaban J connectivity index is 2.02. The third kappa shape index (κ3) is 2.83. The van der Waals surface area contributed by atoms with E-state index in [9.17, 15) is 4.79 Å². The van der Waals surface area contributed by atoms with Gasteiger partial charge in [0.25, 0.3) is 5.91 Å². The van der Waals surface area contributed by atoms with Gasteiger partial charge >= 0.3 is 0 Å². The molecule has 124 valence electrons. The van der Waals surface area contributed by atoms with E-state index >= 15 is 0 Å². The number of benzene rings is 1.